The van der Waals surface area contributed by atoms with Gasteiger partial charge in [0.1, 0.15) is 11.8 Å². The minimum atomic E-state index is -3.30. The number of rotatable bonds is 9. The summed E-state index contributed by atoms with van der Waals surface area (Å²) in [5.74, 6) is -1.35. The highest BCUT2D eigenvalue weighted by Crippen LogP contribution is 2.51. The van der Waals surface area contributed by atoms with Crippen LogP contribution in [0, 0.1) is 5.92 Å². The molecule has 0 saturated heterocycles. The number of nitrogens with one attached hydrogen (secondary N) is 1. The van der Waals surface area contributed by atoms with E-state index in [1.165, 1.54) is 14.2 Å². The van der Waals surface area contributed by atoms with Crippen molar-refractivity contribution in [1.82, 2.24) is 5.32 Å². The second-order valence-electron chi connectivity index (χ2n) is 4.52. The molecule has 0 aliphatic heterocycles. The molecule has 0 spiro atoms. The summed E-state index contributed by atoms with van der Waals surface area (Å²) in [6.07, 6.45) is 0.917. The van der Waals surface area contributed by atoms with E-state index >= 15 is 0 Å². The van der Waals surface area contributed by atoms with Gasteiger partial charge in [-0.05, 0) is 18.8 Å². The maximum atomic E-state index is 12.2. The Kier molecular flexibility index (Phi) is 7.71. The van der Waals surface area contributed by atoms with Crippen molar-refractivity contribution in [3.8, 4) is 0 Å². The second kappa shape index (κ2) is 7.89. The van der Waals surface area contributed by atoms with Gasteiger partial charge in [0.05, 0.1) is 0 Å². The van der Waals surface area contributed by atoms with E-state index in [0.29, 0.717) is 12.8 Å². The quantitative estimate of drug-likeness (QED) is 0.631. The van der Waals surface area contributed by atoms with E-state index in [9.17, 15) is 9.36 Å². The average Bonchev–Trinajstić information content (AvgIpc) is 2.32. The SMILES string of the molecule is CCC(N[C@@H](CC(C)C)C(=O)O)P(=O)(OC)OC. The molecular formula is C11H24NO5P. The number of hydrogen-bond acceptors (Lipinski definition) is 5. The lowest BCUT2D eigenvalue weighted by Gasteiger charge is -2.27. The molecule has 2 atom stereocenters. The molecule has 0 aliphatic carbocycles. The fourth-order valence-corrected chi connectivity index (χ4v) is 3.17. The molecular weight excluding hydrogens is 257 g/mol. The van der Waals surface area contributed by atoms with E-state index < -0.39 is 25.4 Å². The molecule has 6 nitrogen and oxygen atoms in total. The molecule has 0 heterocycles. The van der Waals surface area contributed by atoms with Crippen molar-refractivity contribution in [2.24, 2.45) is 5.92 Å². The number of carboxylic acid groups (broad SMARTS) is 1. The van der Waals surface area contributed by atoms with E-state index in [4.69, 9.17) is 14.2 Å². The van der Waals surface area contributed by atoms with Crippen molar-refractivity contribution < 1.29 is 23.5 Å². The number of carbonyl (C=O) groups is 1. The highest BCUT2D eigenvalue weighted by molar-refractivity contribution is 7.54. The lowest BCUT2D eigenvalue weighted by atomic mass is 10.0. The standard InChI is InChI=1S/C11H24NO5P/c1-6-10(18(15,16-4)17-5)12-9(11(13)14)7-8(2)3/h8-10,12H,6-7H2,1-5H3,(H,13,14)/t9-,10?/m0/s1. The second-order valence-corrected chi connectivity index (χ2v) is 6.95. The van der Waals surface area contributed by atoms with Crippen LogP contribution < -0.4 is 5.32 Å². The lowest BCUT2D eigenvalue weighted by Crippen LogP contribution is -2.44. The van der Waals surface area contributed by atoms with Crippen LogP contribution in [-0.2, 0) is 18.4 Å². The molecule has 0 fully saturated rings. The first-order valence-electron chi connectivity index (χ1n) is 6.00. The highest BCUT2D eigenvalue weighted by atomic mass is 31.2. The molecule has 0 aromatic heterocycles. The molecule has 0 aromatic rings. The Labute approximate surface area is 109 Å². The van der Waals surface area contributed by atoms with Crippen LogP contribution in [0.3, 0.4) is 0 Å². The Morgan fingerprint density at radius 2 is 1.83 bits per heavy atom. The average molecular weight is 281 g/mol. The van der Waals surface area contributed by atoms with E-state index in [-0.39, 0.29) is 5.92 Å². The summed E-state index contributed by atoms with van der Waals surface area (Å²) in [6.45, 7) is 5.67. The van der Waals surface area contributed by atoms with Crippen LogP contribution in [0.2, 0.25) is 0 Å². The van der Waals surface area contributed by atoms with Gasteiger partial charge in [-0.25, -0.2) is 0 Å². The number of aliphatic carboxylic acids is 1. The van der Waals surface area contributed by atoms with Crippen molar-refractivity contribution in [2.45, 2.75) is 45.4 Å². The van der Waals surface area contributed by atoms with Crippen molar-refractivity contribution in [2.75, 3.05) is 14.2 Å². The van der Waals surface area contributed by atoms with Crippen LogP contribution in [0.4, 0.5) is 0 Å². The largest absolute Gasteiger partial charge is 0.480 e. The summed E-state index contributed by atoms with van der Waals surface area (Å²) in [5, 5.41) is 12.0. The summed E-state index contributed by atoms with van der Waals surface area (Å²) in [6, 6.07) is -0.756. The number of carboxylic acids is 1. The first kappa shape index (κ1) is 17.6. The van der Waals surface area contributed by atoms with E-state index in [2.05, 4.69) is 5.32 Å². The van der Waals surface area contributed by atoms with Crippen molar-refractivity contribution in [3.05, 3.63) is 0 Å². The van der Waals surface area contributed by atoms with Crippen LogP contribution in [0.15, 0.2) is 0 Å². The minimum absolute atomic E-state index is 0.223. The van der Waals surface area contributed by atoms with Gasteiger partial charge in [-0.1, -0.05) is 20.8 Å². The molecule has 0 aliphatic rings. The molecule has 0 rings (SSSR count). The molecule has 0 saturated carbocycles. The molecule has 0 aromatic carbocycles. The summed E-state index contributed by atoms with van der Waals surface area (Å²) >= 11 is 0. The fraction of sp³-hybridized carbons (Fsp3) is 0.909. The van der Waals surface area contributed by atoms with Gasteiger partial charge in [-0.3, -0.25) is 14.7 Å². The van der Waals surface area contributed by atoms with E-state index in [0.717, 1.165) is 0 Å². The molecule has 2 N–H and O–H groups in total. The van der Waals surface area contributed by atoms with Crippen LogP contribution in [-0.4, -0.2) is 37.1 Å². The maximum Gasteiger partial charge on any atom is 0.346 e. The van der Waals surface area contributed by atoms with Crippen LogP contribution in [0.1, 0.15) is 33.6 Å². The molecule has 18 heavy (non-hydrogen) atoms. The van der Waals surface area contributed by atoms with Gasteiger partial charge in [0.15, 0.2) is 0 Å². The number of hydrogen-bond donors (Lipinski definition) is 2. The van der Waals surface area contributed by atoms with Gasteiger partial charge < -0.3 is 14.2 Å². The zero-order valence-corrected chi connectivity index (χ0v) is 12.6. The Balaban J connectivity index is 4.86. The normalized spacial score (nSPS) is 15.7. The Bertz CT molecular complexity index is 300. The summed E-state index contributed by atoms with van der Waals surface area (Å²) in [5.41, 5.74) is 0. The topological polar surface area (TPSA) is 84.9 Å². The van der Waals surface area contributed by atoms with Crippen molar-refractivity contribution in [3.63, 3.8) is 0 Å². The molecule has 1 unspecified atom stereocenters. The zero-order chi connectivity index (χ0) is 14.3. The zero-order valence-electron chi connectivity index (χ0n) is 11.7. The maximum absolute atomic E-state index is 12.2. The lowest BCUT2D eigenvalue weighted by molar-refractivity contribution is -0.140. The third-order valence-electron chi connectivity index (χ3n) is 2.68. The Hall–Kier alpha value is -0.420. The molecule has 108 valence electrons. The van der Waals surface area contributed by atoms with Gasteiger partial charge in [0.25, 0.3) is 0 Å². The van der Waals surface area contributed by atoms with Crippen LogP contribution >= 0.6 is 7.60 Å². The molecule has 0 bridgehead atoms. The molecule has 0 amide bonds. The predicted octanol–water partition coefficient (Wildman–Crippen LogP) is 2.30. The van der Waals surface area contributed by atoms with Crippen molar-refractivity contribution in [1.29, 1.82) is 0 Å². The minimum Gasteiger partial charge on any atom is -0.480 e. The van der Waals surface area contributed by atoms with Crippen molar-refractivity contribution >= 4 is 13.6 Å². The third-order valence-corrected chi connectivity index (χ3v) is 4.97. The Morgan fingerprint density at radius 1 is 1.33 bits per heavy atom. The van der Waals surface area contributed by atoms with E-state index in [1.54, 1.807) is 6.92 Å². The first-order chi connectivity index (χ1) is 8.30. The van der Waals surface area contributed by atoms with Crippen LogP contribution in [0.5, 0.6) is 0 Å². The van der Waals surface area contributed by atoms with Gasteiger partial charge in [-0.2, -0.15) is 0 Å². The van der Waals surface area contributed by atoms with Gasteiger partial charge >= 0.3 is 13.6 Å². The highest BCUT2D eigenvalue weighted by Gasteiger charge is 2.35. The monoisotopic (exact) mass is 281 g/mol. The smallest absolute Gasteiger partial charge is 0.346 e. The Morgan fingerprint density at radius 3 is 2.11 bits per heavy atom. The predicted molar refractivity (Wildman–Crippen MR) is 69.7 cm³/mol. The molecule has 0 radical (unpaired) electrons. The fourth-order valence-electron chi connectivity index (χ4n) is 1.71. The third kappa shape index (κ3) is 5.06. The summed E-state index contributed by atoms with van der Waals surface area (Å²) < 4.78 is 22.0. The first-order valence-corrected chi connectivity index (χ1v) is 7.61. The summed E-state index contributed by atoms with van der Waals surface area (Å²) in [7, 11) is -0.706. The summed E-state index contributed by atoms with van der Waals surface area (Å²) in [4.78, 5) is 11.2. The van der Waals surface area contributed by atoms with Gasteiger partial charge in [0.2, 0.25) is 0 Å². The molecule has 7 heteroatoms. The van der Waals surface area contributed by atoms with Crippen LogP contribution in [0.25, 0.3) is 0 Å². The van der Waals surface area contributed by atoms with Gasteiger partial charge in [0, 0.05) is 14.2 Å². The van der Waals surface area contributed by atoms with E-state index in [1.807, 2.05) is 13.8 Å². The van der Waals surface area contributed by atoms with Gasteiger partial charge in [-0.15, -0.1) is 0 Å².